The molecule has 0 aromatic rings. The minimum absolute atomic E-state index is 0.0300. The Morgan fingerprint density at radius 3 is 3.08 bits per heavy atom. The Morgan fingerprint density at radius 2 is 2.50 bits per heavy atom. The summed E-state index contributed by atoms with van der Waals surface area (Å²) in [5, 5.41) is 8.55. The molecule has 0 radical (unpaired) electrons. The molecule has 1 fully saturated rings. The van der Waals surface area contributed by atoms with E-state index in [2.05, 4.69) is 0 Å². The fourth-order valence-electron chi connectivity index (χ4n) is 1.38. The number of hydrogen-bond acceptors (Lipinski definition) is 3. The topological polar surface area (TPSA) is 55.8 Å². The van der Waals surface area contributed by atoms with Crippen LogP contribution in [0.25, 0.3) is 0 Å². The van der Waals surface area contributed by atoms with Crippen molar-refractivity contribution in [3.63, 3.8) is 0 Å². The molecule has 0 aromatic carbocycles. The van der Waals surface area contributed by atoms with Crippen LogP contribution < -0.4 is 0 Å². The van der Waals surface area contributed by atoms with Gasteiger partial charge >= 0.3 is 5.97 Å². The lowest BCUT2D eigenvalue weighted by molar-refractivity contribution is -0.148. The summed E-state index contributed by atoms with van der Waals surface area (Å²) < 4.78 is 10.5. The van der Waals surface area contributed by atoms with Crippen LogP contribution in [0.5, 0.6) is 0 Å². The van der Waals surface area contributed by atoms with E-state index in [1.807, 2.05) is 6.92 Å². The molecule has 70 valence electrons. The van der Waals surface area contributed by atoms with Crippen molar-refractivity contribution in [2.45, 2.75) is 26.1 Å². The molecule has 2 atom stereocenters. The lowest BCUT2D eigenvalue weighted by atomic mass is 10.0. The highest BCUT2D eigenvalue weighted by molar-refractivity contribution is 5.67. The molecule has 1 aliphatic heterocycles. The standard InChI is InChI=1S/C8H14O4/c1-2-11-8-6(3-4-12-8)5-7(9)10/h6,8H,2-5H2,1H3,(H,9,10). The third-order valence-electron chi connectivity index (χ3n) is 1.92. The first-order chi connectivity index (χ1) is 5.74. The fraction of sp³-hybridized carbons (Fsp3) is 0.875. The smallest absolute Gasteiger partial charge is 0.303 e. The molecule has 4 nitrogen and oxygen atoms in total. The Labute approximate surface area is 71.5 Å². The second kappa shape index (κ2) is 4.42. The zero-order chi connectivity index (χ0) is 8.97. The molecule has 1 N–H and O–H groups in total. The number of ether oxygens (including phenoxy) is 2. The van der Waals surface area contributed by atoms with Gasteiger partial charge in [0.05, 0.1) is 13.0 Å². The van der Waals surface area contributed by atoms with Gasteiger partial charge in [-0.3, -0.25) is 4.79 Å². The van der Waals surface area contributed by atoms with Crippen molar-refractivity contribution >= 4 is 5.97 Å². The second-order valence-corrected chi connectivity index (χ2v) is 2.84. The molecule has 1 heterocycles. The maximum atomic E-state index is 10.4. The van der Waals surface area contributed by atoms with Gasteiger partial charge < -0.3 is 14.6 Å². The first-order valence-corrected chi connectivity index (χ1v) is 4.19. The monoisotopic (exact) mass is 174 g/mol. The first-order valence-electron chi connectivity index (χ1n) is 4.19. The van der Waals surface area contributed by atoms with E-state index >= 15 is 0 Å². The fourth-order valence-corrected chi connectivity index (χ4v) is 1.38. The quantitative estimate of drug-likeness (QED) is 0.686. The predicted octanol–water partition coefficient (Wildman–Crippen LogP) is 0.860. The van der Waals surface area contributed by atoms with Crippen LogP contribution in [0.2, 0.25) is 0 Å². The van der Waals surface area contributed by atoms with Gasteiger partial charge in [-0.15, -0.1) is 0 Å². The van der Waals surface area contributed by atoms with Crippen molar-refractivity contribution in [2.75, 3.05) is 13.2 Å². The predicted molar refractivity (Wildman–Crippen MR) is 41.7 cm³/mol. The van der Waals surface area contributed by atoms with Crippen LogP contribution in [0.3, 0.4) is 0 Å². The largest absolute Gasteiger partial charge is 0.481 e. The number of carboxylic acids is 1. The second-order valence-electron chi connectivity index (χ2n) is 2.84. The molecule has 12 heavy (non-hydrogen) atoms. The van der Waals surface area contributed by atoms with Crippen LogP contribution in [0.15, 0.2) is 0 Å². The maximum Gasteiger partial charge on any atom is 0.303 e. The third-order valence-corrected chi connectivity index (χ3v) is 1.92. The Hall–Kier alpha value is -0.610. The molecule has 4 heteroatoms. The van der Waals surface area contributed by atoms with Crippen molar-refractivity contribution < 1.29 is 19.4 Å². The maximum absolute atomic E-state index is 10.4. The van der Waals surface area contributed by atoms with Gasteiger partial charge in [0.15, 0.2) is 6.29 Å². The summed E-state index contributed by atoms with van der Waals surface area (Å²) in [6, 6.07) is 0. The molecule has 0 amide bonds. The van der Waals surface area contributed by atoms with Gasteiger partial charge in [-0.1, -0.05) is 0 Å². The molecule has 0 spiro atoms. The van der Waals surface area contributed by atoms with Crippen molar-refractivity contribution in [1.82, 2.24) is 0 Å². The first kappa shape index (κ1) is 9.48. The number of carbonyl (C=O) groups is 1. The Morgan fingerprint density at radius 1 is 1.75 bits per heavy atom. The summed E-state index contributed by atoms with van der Waals surface area (Å²) in [5.74, 6) is -0.752. The average Bonchev–Trinajstić information content (AvgIpc) is 2.37. The van der Waals surface area contributed by atoms with Crippen LogP contribution >= 0.6 is 0 Å². The number of rotatable bonds is 4. The molecular formula is C8H14O4. The molecular weight excluding hydrogens is 160 g/mol. The summed E-state index contributed by atoms with van der Waals surface area (Å²) in [4.78, 5) is 10.4. The Bertz CT molecular complexity index is 157. The van der Waals surface area contributed by atoms with Crippen molar-refractivity contribution in [2.24, 2.45) is 5.92 Å². The van der Waals surface area contributed by atoms with E-state index in [-0.39, 0.29) is 18.6 Å². The highest BCUT2D eigenvalue weighted by atomic mass is 16.7. The van der Waals surface area contributed by atoms with Crippen LogP contribution in [-0.4, -0.2) is 30.6 Å². The van der Waals surface area contributed by atoms with E-state index in [9.17, 15) is 4.79 Å². The van der Waals surface area contributed by atoms with Gasteiger partial charge in [-0.05, 0) is 13.3 Å². The van der Waals surface area contributed by atoms with E-state index < -0.39 is 5.97 Å². The number of hydrogen-bond donors (Lipinski definition) is 1. The van der Waals surface area contributed by atoms with Gasteiger partial charge in [-0.25, -0.2) is 0 Å². The summed E-state index contributed by atoms with van der Waals surface area (Å²) in [6.45, 7) is 3.06. The molecule has 1 aliphatic rings. The van der Waals surface area contributed by atoms with Crippen LogP contribution in [0.1, 0.15) is 19.8 Å². The van der Waals surface area contributed by atoms with Gasteiger partial charge in [0.2, 0.25) is 0 Å². The van der Waals surface area contributed by atoms with Gasteiger partial charge in [0.1, 0.15) is 0 Å². The molecule has 0 aromatic heterocycles. The summed E-state index contributed by atoms with van der Waals surface area (Å²) in [5.41, 5.74) is 0. The van der Waals surface area contributed by atoms with Gasteiger partial charge in [0, 0.05) is 12.5 Å². The number of carboxylic acid groups (broad SMARTS) is 1. The molecule has 0 aliphatic carbocycles. The zero-order valence-electron chi connectivity index (χ0n) is 7.16. The highest BCUT2D eigenvalue weighted by Crippen LogP contribution is 2.24. The number of aliphatic carboxylic acids is 1. The Kier molecular flexibility index (Phi) is 3.49. The minimum Gasteiger partial charge on any atom is -0.481 e. The van der Waals surface area contributed by atoms with E-state index in [1.54, 1.807) is 0 Å². The highest BCUT2D eigenvalue weighted by Gasteiger charge is 2.30. The van der Waals surface area contributed by atoms with Crippen LogP contribution in [0.4, 0.5) is 0 Å². The lowest BCUT2D eigenvalue weighted by Gasteiger charge is -2.15. The minimum atomic E-state index is -0.782. The van der Waals surface area contributed by atoms with E-state index in [1.165, 1.54) is 0 Å². The third kappa shape index (κ3) is 2.46. The van der Waals surface area contributed by atoms with Crippen molar-refractivity contribution in [3.05, 3.63) is 0 Å². The summed E-state index contributed by atoms with van der Waals surface area (Å²) in [7, 11) is 0. The summed E-state index contributed by atoms with van der Waals surface area (Å²) in [6.07, 6.45) is 0.632. The molecule has 0 bridgehead atoms. The lowest BCUT2D eigenvalue weighted by Crippen LogP contribution is -2.22. The van der Waals surface area contributed by atoms with Gasteiger partial charge in [-0.2, -0.15) is 0 Å². The van der Waals surface area contributed by atoms with Crippen LogP contribution in [0, 0.1) is 5.92 Å². The molecule has 1 rings (SSSR count). The zero-order valence-corrected chi connectivity index (χ0v) is 7.16. The van der Waals surface area contributed by atoms with Crippen LogP contribution in [-0.2, 0) is 14.3 Å². The molecule has 2 unspecified atom stereocenters. The van der Waals surface area contributed by atoms with Crippen molar-refractivity contribution in [3.8, 4) is 0 Å². The normalized spacial score (nSPS) is 29.1. The molecule has 0 saturated carbocycles. The van der Waals surface area contributed by atoms with E-state index in [0.717, 1.165) is 6.42 Å². The Balaban J connectivity index is 2.35. The van der Waals surface area contributed by atoms with Crippen molar-refractivity contribution in [1.29, 1.82) is 0 Å². The summed E-state index contributed by atoms with van der Waals surface area (Å²) >= 11 is 0. The van der Waals surface area contributed by atoms with Gasteiger partial charge in [0.25, 0.3) is 0 Å². The molecule has 1 saturated heterocycles. The SMILES string of the molecule is CCOC1OCCC1CC(=O)O. The van der Waals surface area contributed by atoms with E-state index in [0.29, 0.717) is 13.2 Å². The average molecular weight is 174 g/mol. The van der Waals surface area contributed by atoms with E-state index in [4.69, 9.17) is 14.6 Å².